The predicted molar refractivity (Wildman–Crippen MR) is 117 cm³/mol. The van der Waals surface area contributed by atoms with Crippen LogP contribution in [0.15, 0.2) is 53.9 Å². The van der Waals surface area contributed by atoms with Gasteiger partial charge in [-0.25, -0.2) is 0 Å². The van der Waals surface area contributed by atoms with Gasteiger partial charge in [-0.1, -0.05) is 12.1 Å². The number of methoxy groups -OCH3 is 1. The Morgan fingerprint density at radius 1 is 1.10 bits per heavy atom. The van der Waals surface area contributed by atoms with Gasteiger partial charge >= 0.3 is 0 Å². The van der Waals surface area contributed by atoms with E-state index in [2.05, 4.69) is 16.7 Å². The lowest BCUT2D eigenvalue weighted by Gasteiger charge is -2.13. The molecule has 0 saturated carbocycles. The fourth-order valence-electron chi connectivity index (χ4n) is 3.59. The molecule has 1 amide bonds. The van der Waals surface area contributed by atoms with Gasteiger partial charge in [-0.05, 0) is 59.3 Å². The second-order valence-corrected chi connectivity index (χ2v) is 7.81. The number of rotatable bonds is 7. The number of anilines is 2. The van der Waals surface area contributed by atoms with Crippen LogP contribution in [0.1, 0.15) is 32.7 Å². The first-order valence-corrected chi connectivity index (χ1v) is 10.4. The SMILES string of the molecule is COCCNc1ccc(C(=O)Nc2ccc(-c3cccs3)c3c2C(=O)CC3)cc1. The third-order valence-corrected chi connectivity index (χ3v) is 5.91. The Balaban J connectivity index is 1.54. The molecule has 1 heterocycles. The topological polar surface area (TPSA) is 67.4 Å². The van der Waals surface area contributed by atoms with Gasteiger partial charge in [-0.3, -0.25) is 9.59 Å². The first-order chi connectivity index (χ1) is 14.2. The van der Waals surface area contributed by atoms with E-state index in [1.807, 2.05) is 35.7 Å². The summed E-state index contributed by atoms with van der Waals surface area (Å²) in [5.41, 5.74) is 4.84. The Kier molecular flexibility index (Phi) is 5.74. The van der Waals surface area contributed by atoms with Crippen LogP contribution in [-0.2, 0) is 11.2 Å². The van der Waals surface area contributed by atoms with Gasteiger partial charge < -0.3 is 15.4 Å². The Labute approximate surface area is 173 Å². The minimum atomic E-state index is -0.223. The molecule has 0 spiro atoms. The smallest absolute Gasteiger partial charge is 0.255 e. The Morgan fingerprint density at radius 2 is 1.93 bits per heavy atom. The number of ether oxygens (including phenoxy) is 1. The molecule has 5 nitrogen and oxygen atoms in total. The van der Waals surface area contributed by atoms with Crippen LogP contribution >= 0.6 is 11.3 Å². The summed E-state index contributed by atoms with van der Waals surface area (Å²) in [5, 5.41) is 8.19. The molecule has 1 aromatic heterocycles. The second kappa shape index (κ2) is 8.59. The summed E-state index contributed by atoms with van der Waals surface area (Å²) in [5.74, 6) is -0.134. The van der Waals surface area contributed by atoms with E-state index in [4.69, 9.17) is 4.74 Å². The van der Waals surface area contributed by atoms with Gasteiger partial charge in [0.15, 0.2) is 5.78 Å². The van der Waals surface area contributed by atoms with Crippen LogP contribution in [0, 0.1) is 0 Å². The molecule has 0 atom stereocenters. The zero-order valence-electron chi connectivity index (χ0n) is 16.2. The number of fused-ring (bicyclic) bond motifs is 1. The molecule has 29 heavy (non-hydrogen) atoms. The van der Waals surface area contributed by atoms with Crippen LogP contribution in [0.25, 0.3) is 10.4 Å². The van der Waals surface area contributed by atoms with E-state index in [1.165, 1.54) is 0 Å². The zero-order valence-corrected chi connectivity index (χ0v) is 17.0. The molecular weight excluding hydrogens is 384 g/mol. The van der Waals surface area contributed by atoms with E-state index in [9.17, 15) is 9.59 Å². The lowest BCUT2D eigenvalue weighted by molar-refractivity contribution is 0.0995. The summed E-state index contributed by atoms with van der Waals surface area (Å²) >= 11 is 1.66. The van der Waals surface area contributed by atoms with E-state index in [0.717, 1.165) is 21.7 Å². The molecule has 6 heteroatoms. The Morgan fingerprint density at radius 3 is 2.66 bits per heavy atom. The normalized spacial score (nSPS) is 12.7. The summed E-state index contributed by atoms with van der Waals surface area (Å²) in [4.78, 5) is 26.4. The number of thiophene rings is 1. The van der Waals surface area contributed by atoms with E-state index in [1.54, 1.807) is 30.6 Å². The summed E-state index contributed by atoms with van der Waals surface area (Å²) in [6.45, 7) is 1.32. The van der Waals surface area contributed by atoms with Crippen molar-refractivity contribution in [2.75, 3.05) is 30.9 Å². The molecule has 1 aliphatic carbocycles. The van der Waals surface area contributed by atoms with Crippen LogP contribution in [0.2, 0.25) is 0 Å². The van der Waals surface area contributed by atoms with Crippen LogP contribution in [0.3, 0.4) is 0 Å². The molecule has 4 rings (SSSR count). The minimum absolute atomic E-state index is 0.0893. The fraction of sp³-hybridized carbons (Fsp3) is 0.217. The van der Waals surface area contributed by atoms with Crippen molar-refractivity contribution in [3.05, 3.63) is 70.6 Å². The number of benzene rings is 2. The summed E-state index contributed by atoms with van der Waals surface area (Å²) in [6.07, 6.45) is 1.20. The monoisotopic (exact) mass is 406 g/mol. The molecule has 0 bridgehead atoms. The molecular formula is C23H22N2O3S. The largest absolute Gasteiger partial charge is 0.383 e. The van der Waals surface area contributed by atoms with Crippen molar-refractivity contribution < 1.29 is 14.3 Å². The number of carbonyl (C=O) groups excluding carboxylic acids is 2. The van der Waals surface area contributed by atoms with Crippen molar-refractivity contribution in [1.29, 1.82) is 0 Å². The fourth-order valence-corrected chi connectivity index (χ4v) is 4.37. The van der Waals surface area contributed by atoms with Gasteiger partial charge in [0.2, 0.25) is 0 Å². The zero-order chi connectivity index (χ0) is 20.2. The first kappa shape index (κ1) is 19.4. The Hall–Kier alpha value is -2.96. The number of hydrogen-bond donors (Lipinski definition) is 2. The highest BCUT2D eigenvalue weighted by atomic mass is 32.1. The second-order valence-electron chi connectivity index (χ2n) is 6.87. The molecule has 1 aliphatic rings. The number of ketones is 1. The van der Waals surface area contributed by atoms with Gasteiger partial charge in [0, 0.05) is 41.8 Å². The van der Waals surface area contributed by atoms with E-state index in [0.29, 0.717) is 42.8 Å². The summed E-state index contributed by atoms with van der Waals surface area (Å²) < 4.78 is 5.02. The molecule has 0 fully saturated rings. The molecule has 2 aromatic carbocycles. The summed E-state index contributed by atoms with van der Waals surface area (Å²) in [7, 11) is 1.66. The first-order valence-electron chi connectivity index (χ1n) is 9.54. The lowest BCUT2D eigenvalue weighted by atomic mass is 10.00. The van der Waals surface area contributed by atoms with Crippen LogP contribution in [0.5, 0.6) is 0 Å². The van der Waals surface area contributed by atoms with Crippen LogP contribution in [-0.4, -0.2) is 32.0 Å². The molecule has 148 valence electrons. The number of nitrogens with one attached hydrogen (secondary N) is 2. The van der Waals surface area contributed by atoms with Crippen LogP contribution in [0.4, 0.5) is 11.4 Å². The Bertz CT molecular complexity index is 1030. The highest BCUT2D eigenvalue weighted by molar-refractivity contribution is 7.13. The third-order valence-electron chi connectivity index (χ3n) is 5.01. The van der Waals surface area contributed by atoms with Crippen molar-refractivity contribution >= 4 is 34.4 Å². The number of amides is 1. The van der Waals surface area contributed by atoms with E-state index in [-0.39, 0.29) is 11.7 Å². The predicted octanol–water partition coefficient (Wildman–Crippen LogP) is 4.85. The van der Waals surface area contributed by atoms with Crippen molar-refractivity contribution in [2.24, 2.45) is 0 Å². The number of carbonyl (C=O) groups is 2. The molecule has 2 N–H and O–H groups in total. The molecule has 3 aromatic rings. The van der Waals surface area contributed by atoms with Gasteiger partial charge in [-0.15, -0.1) is 11.3 Å². The highest BCUT2D eigenvalue weighted by Gasteiger charge is 2.27. The third kappa shape index (κ3) is 4.09. The maximum atomic E-state index is 12.7. The van der Waals surface area contributed by atoms with Gasteiger partial charge in [0.05, 0.1) is 12.3 Å². The lowest BCUT2D eigenvalue weighted by Crippen LogP contribution is -2.14. The van der Waals surface area contributed by atoms with Gasteiger partial charge in [0.25, 0.3) is 5.91 Å². The van der Waals surface area contributed by atoms with E-state index >= 15 is 0 Å². The molecule has 0 radical (unpaired) electrons. The van der Waals surface area contributed by atoms with E-state index < -0.39 is 0 Å². The van der Waals surface area contributed by atoms with Crippen molar-refractivity contribution in [3.8, 4) is 10.4 Å². The van der Waals surface area contributed by atoms with Crippen LogP contribution < -0.4 is 10.6 Å². The standard InChI is InChI=1S/C23H22N2O3S/c1-28-13-12-24-16-6-4-15(5-7-16)23(27)25-19-10-8-17(21-3-2-14-29-21)18-9-11-20(26)22(18)19/h2-8,10,14,24H,9,11-13H2,1H3,(H,25,27). The van der Waals surface area contributed by atoms with Crippen molar-refractivity contribution in [2.45, 2.75) is 12.8 Å². The quantitative estimate of drug-likeness (QED) is 0.550. The van der Waals surface area contributed by atoms with Crippen molar-refractivity contribution in [3.63, 3.8) is 0 Å². The average Bonchev–Trinajstić information content (AvgIpc) is 3.40. The number of Topliss-reactive ketones (excluding diaryl/α,β-unsaturated/α-hetero) is 1. The highest BCUT2D eigenvalue weighted by Crippen LogP contribution is 2.38. The van der Waals surface area contributed by atoms with Gasteiger partial charge in [0.1, 0.15) is 0 Å². The van der Waals surface area contributed by atoms with Crippen molar-refractivity contribution in [1.82, 2.24) is 0 Å². The average molecular weight is 407 g/mol. The molecule has 0 saturated heterocycles. The van der Waals surface area contributed by atoms with Gasteiger partial charge in [-0.2, -0.15) is 0 Å². The number of hydrogen-bond acceptors (Lipinski definition) is 5. The summed E-state index contributed by atoms with van der Waals surface area (Å²) in [6, 6.07) is 15.2. The maximum Gasteiger partial charge on any atom is 0.255 e. The maximum absolute atomic E-state index is 12.7. The molecule has 0 unspecified atom stereocenters. The minimum Gasteiger partial charge on any atom is -0.383 e. The molecule has 0 aliphatic heterocycles.